The molecule has 20 heavy (non-hydrogen) atoms. The van der Waals surface area contributed by atoms with E-state index in [1.54, 1.807) is 4.52 Å². The SMILES string of the molecule is CCOc1cccc(OCc2nnc3sc(N)nn23)c1. The first-order valence-electron chi connectivity index (χ1n) is 6.08. The van der Waals surface area contributed by atoms with Crippen molar-refractivity contribution in [1.82, 2.24) is 19.8 Å². The van der Waals surface area contributed by atoms with Crippen LogP contribution in [0.1, 0.15) is 12.7 Å². The Bertz CT molecular complexity index is 724. The number of nitrogen functional groups attached to an aromatic ring is 1. The van der Waals surface area contributed by atoms with Crippen molar-refractivity contribution in [3.63, 3.8) is 0 Å². The molecular weight excluding hydrogens is 278 g/mol. The van der Waals surface area contributed by atoms with Crippen LogP contribution in [0.4, 0.5) is 5.13 Å². The van der Waals surface area contributed by atoms with Gasteiger partial charge in [-0.2, -0.15) is 4.52 Å². The average Bonchev–Trinajstić information content (AvgIpc) is 2.97. The minimum atomic E-state index is 0.264. The monoisotopic (exact) mass is 291 g/mol. The van der Waals surface area contributed by atoms with Crippen LogP contribution in [0.25, 0.3) is 4.96 Å². The molecule has 2 N–H and O–H groups in total. The molecule has 0 saturated heterocycles. The number of fused-ring (bicyclic) bond motifs is 1. The van der Waals surface area contributed by atoms with Gasteiger partial charge in [-0.15, -0.1) is 15.3 Å². The molecule has 0 aliphatic rings. The molecule has 3 aromatic rings. The zero-order valence-electron chi connectivity index (χ0n) is 10.8. The van der Waals surface area contributed by atoms with Gasteiger partial charge in [-0.3, -0.25) is 0 Å². The molecule has 0 radical (unpaired) electrons. The standard InChI is InChI=1S/C12H13N5O2S/c1-2-18-8-4-3-5-9(6-8)19-7-10-14-15-12-17(10)16-11(13)20-12/h3-6H,2,7H2,1H3,(H2,13,16). The van der Waals surface area contributed by atoms with Crippen LogP contribution in [0.2, 0.25) is 0 Å². The Labute approximate surface area is 119 Å². The molecule has 0 aliphatic heterocycles. The number of anilines is 1. The van der Waals surface area contributed by atoms with Gasteiger partial charge in [0.2, 0.25) is 10.1 Å². The highest BCUT2D eigenvalue weighted by Crippen LogP contribution is 2.21. The topological polar surface area (TPSA) is 87.6 Å². The summed E-state index contributed by atoms with van der Waals surface area (Å²) >= 11 is 1.28. The van der Waals surface area contributed by atoms with Crippen LogP contribution >= 0.6 is 11.3 Å². The van der Waals surface area contributed by atoms with E-state index in [2.05, 4.69) is 15.3 Å². The zero-order valence-corrected chi connectivity index (χ0v) is 11.6. The minimum Gasteiger partial charge on any atom is -0.494 e. The van der Waals surface area contributed by atoms with Gasteiger partial charge < -0.3 is 15.2 Å². The van der Waals surface area contributed by atoms with Crippen molar-refractivity contribution in [1.29, 1.82) is 0 Å². The molecule has 0 amide bonds. The summed E-state index contributed by atoms with van der Waals surface area (Å²) in [6.07, 6.45) is 0. The first kappa shape index (κ1) is 12.7. The van der Waals surface area contributed by atoms with E-state index in [0.29, 0.717) is 28.3 Å². The average molecular weight is 291 g/mol. The molecule has 0 aliphatic carbocycles. The predicted molar refractivity (Wildman–Crippen MR) is 75.0 cm³/mol. The minimum absolute atomic E-state index is 0.264. The van der Waals surface area contributed by atoms with E-state index < -0.39 is 0 Å². The summed E-state index contributed by atoms with van der Waals surface area (Å²) in [6.45, 7) is 2.82. The van der Waals surface area contributed by atoms with Crippen molar-refractivity contribution in [2.24, 2.45) is 0 Å². The predicted octanol–water partition coefficient (Wildman–Crippen LogP) is 1.75. The summed E-state index contributed by atoms with van der Waals surface area (Å²) in [5, 5.41) is 12.6. The summed E-state index contributed by atoms with van der Waals surface area (Å²) in [5.41, 5.74) is 5.63. The molecule has 0 spiro atoms. The van der Waals surface area contributed by atoms with Crippen LogP contribution in [0.3, 0.4) is 0 Å². The van der Waals surface area contributed by atoms with Gasteiger partial charge in [-0.25, -0.2) is 0 Å². The molecule has 0 atom stereocenters. The van der Waals surface area contributed by atoms with Crippen molar-refractivity contribution in [3.05, 3.63) is 30.1 Å². The third-order valence-electron chi connectivity index (χ3n) is 2.56. The lowest BCUT2D eigenvalue weighted by Crippen LogP contribution is -2.03. The second kappa shape index (κ2) is 5.33. The first-order chi connectivity index (χ1) is 9.76. The summed E-state index contributed by atoms with van der Waals surface area (Å²) in [7, 11) is 0. The number of hydrogen-bond donors (Lipinski definition) is 1. The Balaban J connectivity index is 1.74. The van der Waals surface area contributed by atoms with Crippen LogP contribution < -0.4 is 15.2 Å². The van der Waals surface area contributed by atoms with E-state index in [4.69, 9.17) is 15.2 Å². The highest BCUT2D eigenvalue weighted by atomic mass is 32.1. The van der Waals surface area contributed by atoms with E-state index in [1.165, 1.54) is 11.3 Å². The van der Waals surface area contributed by atoms with Gasteiger partial charge in [0.1, 0.15) is 18.1 Å². The number of benzene rings is 1. The maximum atomic E-state index is 5.68. The Hall–Kier alpha value is -2.35. The summed E-state index contributed by atoms with van der Waals surface area (Å²) < 4.78 is 12.7. The second-order valence-corrected chi connectivity index (χ2v) is 4.94. The first-order valence-corrected chi connectivity index (χ1v) is 6.90. The Kier molecular flexibility index (Phi) is 3.38. The molecule has 104 valence electrons. The molecule has 7 nitrogen and oxygen atoms in total. The molecular formula is C12H13N5O2S. The Morgan fingerprint density at radius 3 is 2.85 bits per heavy atom. The van der Waals surface area contributed by atoms with Crippen LogP contribution in [0.15, 0.2) is 24.3 Å². The Morgan fingerprint density at radius 2 is 2.05 bits per heavy atom. The normalized spacial score (nSPS) is 10.8. The maximum Gasteiger partial charge on any atom is 0.236 e. The molecule has 8 heteroatoms. The summed E-state index contributed by atoms with van der Waals surface area (Å²) in [4.78, 5) is 0.657. The van der Waals surface area contributed by atoms with Gasteiger partial charge in [0.25, 0.3) is 0 Å². The van der Waals surface area contributed by atoms with Gasteiger partial charge in [-0.05, 0) is 19.1 Å². The van der Waals surface area contributed by atoms with Crippen molar-refractivity contribution in [2.45, 2.75) is 13.5 Å². The molecule has 2 heterocycles. The van der Waals surface area contributed by atoms with Crippen LogP contribution in [0.5, 0.6) is 11.5 Å². The van der Waals surface area contributed by atoms with Crippen molar-refractivity contribution < 1.29 is 9.47 Å². The molecule has 0 bridgehead atoms. The second-order valence-electron chi connectivity index (χ2n) is 3.95. The van der Waals surface area contributed by atoms with Gasteiger partial charge in [0.05, 0.1) is 6.61 Å². The fraction of sp³-hybridized carbons (Fsp3) is 0.250. The van der Waals surface area contributed by atoms with Crippen molar-refractivity contribution in [2.75, 3.05) is 12.3 Å². The van der Waals surface area contributed by atoms with E-state index in [0.717, 1.165) is 5.75 Å². The third kappa shape index (κ3) is 2.50. The lowest BCUT2D eigenvalue weighted by Gasteiger charge is -2.07. The Morgan fingerprint density at radius 1 is 1.25 bits per heavy atom. The number of nitrogens with zero attached hydrogens (tertiary/aromatic N) is 4. The highest BCUT2D eigenvalue weighted by Gasteiger charge is 2.10. The molecule has 2 aromatic heterocycles. The van der Waals surface area contributed by atoms with Gasteiger partial charge in [0.15, 0.2) is 5.82 Å². The lowest BCUT2D eigenvalue weighted by atomic mass is 10.3. The third-order valence-corrected chi connectivity index (χ3v) is 3.28. The fourth-order valence-corrected chi connectivity index (χ4v) is 2.35. The van der Waals surface area contributed by atoms with E-state index in [-0.39, 0.29) is 6.61 Å². The van der Waals surface area contributed by atoms with E-state index >= 15 is 0 Å². The van der Waals surface area contributed by atoms with E-state index in [9.17, 15) is 0 Å². The van der Waals surface area contributed by atoms with Crippen LogP contribution in [-0.4, -0.2) is 26.4 Å². The summed E-state index contributed by atoms with van der Waals surface area (Å²) in [5.74, 6) is 2.08. The number of aromatic nitrogens is 4. The fourth-order valence-electron chi connectivity index (χ4n) is 1.73. The molecule has 0 saturated carbocycles. The molecule has 3 rings (SSSR count). The molecule has 0 unspecified atom stereocenters. The van der Waals surface area contributed by atoms with Crippen molar-refractivity contribution >= 4 is 21.4 Å². The van der Waals surface area contributed by atoms with Gasteiger partial charge >= 0.3 is 0 Å². The smallest absolute Gasteiger partial charge is 0.236 e. The van der Waals surface area contributed by atoms with Gasteiger partial charge in [-0.1, -0.05) is 17.4 Å². The zero-order chi connectivity index (χ0) is 13.9. The summed E-state index contributed by atoms with van der Waals surface area (Å²) in [6, 6.07) is 7.45. The highest BCUT2D eigenvalue weighted by molar-refractivity contribution is 7.20. The van der Waals surface area contributed by atoms with E-state index in [1.807, 2.05) is 31.2 Å². The van der Waals surface area contributed by atoms with Gasteiger partial charge in [0, 0.05) is 6.07 Å². The van der Waals surface area contributed by atoms with Crippen LogP contribution in [-0.2, 0) is 6.61 Å². The number of hydrogen-bond acceptors (Lipinski definition) is 7. The lowest BCUT2D eigenvalue weighted by molar-refractivity contribution is 0.288. The van der Waals surface area contributed by atoms with Crippen LogP contribution in [0, 0.1) is 0 Å². The molecule has 0 fully saturated rings. The largest absolute Gasteiger partial charge is 0.494 e. The quantitative estimate of drug-likeness (QED) is 0.770. The number of ether oxygens (including phenoxy) is 2. The number of nitrogens with two attached hydrogens (primary N) is 1. The van der Waals surface area contributed by atoms with Crippen molar-refractivity contribution in [3.8, 4) is 11.5 Å². The molecule has 1 aromatic carbocycles. The maximum absolute atomic E-state index is 5.68. The number of rotatable bonds is 5.